The van der Waals surface area contributed by atoms with Gasteiger partial charge in [-0.1, -0.05) is 49.2 Å². The molecule has 3 atom stereocenters. The summed E-state index contributed by atoms with van der Waals surface area (Å²) in [6.45, 7) is 1.15. The molecule has 1 N–H and O–H groups in total. The Kier molecular flexibility index (Phi) is 4.71. The predicted octanol–water partition coefficient (Wildman–Crippen LogP) is 4.29. The van der Waals surface area contributed by atoms with E-state index >= 15 is 0 Å². The second-order valence-electron chi connectivity index (χ2n) is 8.29. The van der Waals surface area contributed by atoms with Crippen LogP contribution in [0.25, 0.3) is 0 Å². The van der Waals surface area contributed by atoms with Crippen LogP contribution < -0.4 is 14.8 Å². The molecule has 2 aromatic carbocycles. The van der Waals surface area contributed by atoms with Gasteiger partial charge in [0.05, 0.1) is 6.04 Å². The molecule has 3 aliphatic rings. The summed E-state index contributed by atoms with van der Waals surface area (Å²) in [6, 6.07) is 16.3. The first-order valence-electron chi connectivity index (χ1n) is 10.5. The third-order valence-corrected chi connectivity index (χ3v) is 6.53. The van der Waals surface area contributed by atoms with E-state index in [2.05, 4.69) is 23.5 Å². The zero-order valence-electron chi connectivity index (χ0n) is 16.1. The Labute approximate surface area is 166 Å². The first-order valence-corrected chi connectivity index (χ1v) is 10.5. The molecular weight excluding hydrogens is 350 g/mol. The number of rotatable bonds is 5. The van der Waals surface area contributed by atoms with Crippen molar-refractivity contribution in [2.45, 2.75) is 38.1 Å². The van der Waals surface area contributed by atoms with Crippen molar-refractivity contribution in [3.63, 3.8) is 0 Å². The average Bonchev–Trinajstić information content (AvgIpc) is 3.48. The van der Waals surface area contributed by atoms with Crippen LogP contribution in [0, 0.1) is 17.8 Å². The molecule has 1 amide bonds. The predicted molar refractivity (Wildman–Crippen MR) is 107 cm³/mol. The minimum Gasteiger partial charge on any atom is -0.486 e. The van der Waals surface area contributed by atoms with E-state index in [0.29, 0.717) is 25.0 Å². The number of fused-ring (bicyclic) bond motifs is 2. The molecule has 4 heteroatoms. The molecule has 0 saturated heterocycles. The third kappa shape index (κ3) is 3.48. The first kappa shape index (κ1) is 17.6. The number of nitrogens with one attached hydrogen (secondary N) is 1. The lowest BCUT2D eigenvalue weighted by molar-refractivity contribution is -0.123. The van der Waals surface area contributed by atoms with Crippen LogP contribution >= 0.6 is 0 Å². The van der Waals surface area contributed by atoms with Crippen molar-refractivity contribution < 1.29 is 14.3 Å². The van der Waals surface area contributed by atoms with Crippen LogP contribution in [-0.2, 0) is 11.2 Å². The monoisotopic (exact) mass is 377 g/mol. The summed E-state index contributed by atoms with van der Waals surface area (Å²) >= 11 is 0. The molecule has 1 aliphatic heterocycles. The number of carbonyl (C=O) groups excluding carboxylic acids is 1. The van der Waals surface area contributed by atoms with Crippen molar-refractivity contribution in [1.82, 2.24) is 5.32 Å². The van der Waals surface area contributed by atoms with Crippen LogP contribution in [0.5, 0.6) is 11.5 Å². The van der Waals surface area contributed by atoms with Crippen molar-refractivity contribution in [1.29, 1.82) is 0 Å². The molecule has 28 heavy (non-hydrogen) atoms. The maximum atomic E-state index is 13.1. The van der Waals surface area contributed by atoms with Gasteiger partial charge in [0.25, 0.3) is 0 Å². The van der Waals surface area contributed by atoms with Gasteiger partial charge in [-0.25, -0.2) is 0 Å². The quantitative estimate of drug-likeness (QED) is 0.845. The number of hydrogen-bond acceptors (Lipinski definition) is 3. The molecule has 4 nitrogen and oxygen atoms in total. The lowest BCUT2D eigenvalue weighted by atomic mass is 9.98. The smallest absolute Gasteiger partial charge is 0.224 e. The fourth-order valence-electron chi connectivity index (χ4n) is 5.03. The molecule has 3 unspecified atom stereocenters. The van der Waals surface area contributed by atoms with E-state index < -0.39 is 0 Å². The van der Waals surface area contributed by atoms with Gasteiger partial charge in [-0.15, -0.1) is 0 Å². The van der Waals surface area contributed by atoms with E-state index in [4.69, 9.17) is 9.47 Å². The van der Waals surface area contributed by atoms with E-state index in [0.717, 1.165) is 23.5 Å². The van der Waals surface area contributed by atoms with E-state index in [9.17, 15) is 4.79 Å². The van der Waals surface area contributed by atoms with Crippen molar-refractivity contribution in [2.75, 3.05) is 13.2 Å². The van der Waals surface area contributed by atoms with Crippen molar-refractivity contribution >= 4 is 5.91 Å². The van der Waals surface area contributed by atoms with Gasteiger partial charge in [0, 0.05) is 5.92 Å². The maximum Gasteiger partial charge on any atom is 0.224 e. The highest BCUT2D eigenvalue weighted by molar-refractivity contribution is 5.82. The molecule has 0 spiro atoms. The van der Waals surface area contributed by atoms with Crippen LogP contribution in [-0.4, -0.2) is 19.1 Å². The lowest BCUT2D eigenvalue weighted by Crippen LogP contribution is -2.32. The summed E-state index contributed by atoms with van der Waals surface area (Å²) in [5.74, 6) is 3.24. The summed E-state index contributed by atoms with van der Waals surface area (Å²) < 4.78 is 11.4. The molecule has 2 saturated carbocycles. The molecule has 2 aliphatic carbocycles. The minimum atomic E-state index is -0.0617. The summed E-state index contributed by atoms with van der Waals surface area (Å²) in [4.78, 5) is 13.1. The van der Waals surface area contributed by atoms with Gasteiger partial charge in [-0.2, -0.15) is 0 Å². The SMILES string of the molecule is O=C(NC(Cc1ccccc1)c1ccc2c(c1)OCCO2)C1C2CCCCC21. The van der Waals surface area contributed by atoms with Gasteiger partial charge in [-0.3, -0.25) is 4.79 Å². The molecule has 0 radical (unpaired) electrons. The van der Waals surface area contributed by atoms with E-state index in [1.165, 1.54) is 31.2 Å². The normalized spacial score (nSPS) is 26.1. The number of hydrogen-bond donors (Lipinski definition) is 1. The summed E-state index contributed by atoms with van der Waals surface area (Å²) in [6.07, 6.45) is 5.77. The van der Waals surface area contributed by atoms with Gasteiger partial charge in [0.1, 0.15) is 13.2 Å². The Balaban J connectivity index is 1.38. The maximum absolute atomic E-state index is 13.1. The Morgan fingerprint density at radius 3 is 2.43 bits per heavy atom. The molecular formula is C24H27NO3. The zero-order valence-corrected chi connectivity index (χ0v) is 16.1. The zero-order chi connectivity index (χ0) is 18.9. The van der Waals surface area contributed by atoms with Crippen LogP contribution in [0.1, 0.15) is 42.9 Å². The van der Waals surface area contributed by atoms with Crippen molar-refractivity contribution in [3.05, 3.63) is 59.7 Å². The highest BCUT2D eigenvalue weighted by Gasteiger charge is 2.54. The standard InChI is InChI=1S/C24H27NO3/c26-24(23-18-8-4-5-9-19(18)23)25-20(14-16-6-2-1-3-7-16)17-10-11-21-22(15-17)28-13-12-27-21/h1-3,6-7,10-11,15,18-20,23H,4-5,8-9,12-14H2,(H,25,26). The lowest BCUT2D eigenvalue weighted by Gasteiger charge is -2.23. The highest BCUT2D eigenvalue weighted by atomic mass is 16.6. The fourth-order valence-corrected chi connectivity index (χ4v) is 5.03. The van der Waals surface area contributed by atoms with Gasteiger partial charge in [0.2, 0.25) is 5.91 Å². The summed E-state index contributed by atoms with van der Waals surface area (Å²) in [7, 11) is 0. The number of benzene rings is 2. The van der Waals surface area contributed by atoms with E-state index in [-0.39, 0.29) is 17.9 Å². The molecule has 2 aromatic rings. The first-order chi connectivity index (χ1) is 13.8. The van der Waals surface area contributed by atoms with Crippen LogP contribution in [0.2, 0.25) is 0 Å². The molecule has 146 valence electrons. The number of amides is 1. The minimum absolute atomic E-state index is 0.0617. The molecule has 0 bridgehead atoms. The molecule has 0 aromatic heterocycles. The Bertz CT molecular complexity index is 838. The largest absolute Gasteiger partial charge is 0.486 e. The molecule has 5 rings (SSSR count). The van der Waals surface area contributed by atoms with Gasteiger partial charge in [-0.05, 0) is 54.4 Å². The Hall–Kier alpha value is -2.49. The number of ether oxygens (including phenoxy) is 2. The molecule has 1 heterocycles. The average molecular weight is 377 g/mol. The fraction of sp³-hybridized carbons (Fsp3) is 0.458. The number of carbonyl (C=O) groups is 1. The summed E-state index contributed by atoms with van der Waals surface area (Å²) in [5, 5.41) is 3.37. The van der Waals surface area contributed by atoms with Crippen molar-refractivity contribution in [3.8, 4) is 11.5 Å². The van der Waals surface area contributed by atoms with Crippen LogP contribution in [0.3, 0.4) is 0 Å². The Morgan fingerprint density at radius 2 is 1.68 bits per heavy atom. The second-order valence-corrected chi connectivity index (χ2v) is 8.29. The van der Waals surface area contributed by atoms with Crippen molar-refractivity contribution in [2.24, 2.45) is 17.8 Å². The van der Waals surface area contributed by atoms with Crippen LogP contribution in [0.4, 0.5) is 0 Å². The topological polar surface area (TPSA) is 47.6 Å². The van der Waals surface area contributed by atoms with Crippen LogP contribution in [0.15, 0.2) is 48.5 Å². The molecule has 2 fully saturated rings. The second kappa shape index (κ2) is 7.50. The third-order valence-electron chi connectivity index (χ3n) is 6.53. The van der Waals surface area contributed by atoms with E-state index in [1.807, 2.05) is 30.3 Å². The summed E-state index contributed by atoms with van der Waals surface area (Å²) in [5.41, 5.74) is 2.29. The highest BCUT2D eigenvalue weighted by Crippen LogP contribution is 2.55. The van der Waals surface area contributed by atoms with Gasteiger partial charge >= 0.3 is 0 Å². The Morgan fingerprint density at radius 1 is 0.964 bits per heavy atom. The van der Waals surface area contributed by atoms with Gasteiger partial charge < -0.3 is 14.8 Å². The van der Waals surface area contributed by atoms with E-state index in [1.54, 1.807) is 0 Å². The van der Waals surface area contributed by atoms with Gasteiger partial charge in [0.15, 0.2) is 11.5 Å².